The van der Waals surface area contributed by atoms with Gasteiger partial charge in [-0.1, -0.05) is 0 Å². The fourth-order valence-corrected chi connectivity index (χ4v) is 2.03. The van der Waals surface area contributed by atoms with Crippen LogP contribution in [0.1, 0.15) is 25.3 Å². The van der Waals surface area contributed by atoms with Crippen LogP contribution in [0.3, 0.4) is 0 Å². The third kappa shape index (κ3) is 2.22. The van der Waals surface area contributed by atoms with Crippen LogP contribution in [0.2, 0.25) is 0 Å². The van der Waals surface area contributed by atoms with E-state index in [-0.39, 0.29) is 24.7 Å². The van der Waals surface area contributed by atoms with Crippen LogP contribution in [0.15, 0.2) is 18.2 Å². The number of imide groups is 1. The predicted molar refractivity (Wildman–Crippen MR) is 67.2 cm³/mol. The summed E-state index contributed by atoms with van der Waals surface area (Å²) in [6.07, 6.45) is 0.563. The minimum atomic E-state index is -0.160. The lowest BCUT2D eigenvalue weighted by molar-refractivity contribution is -0.121. The topological polar surface area (TPSA) is 72.6 Å². The number of rotatable bonds is 4. The number of benzene rings is 1. The molecular formula is C13H16N2O3. The number of carbonyl (C=O) groups is 2. The molecule has 18 heavy (non-hydrogen) atoms. The molecule has 2 rings (SSSR count). The summed E-state index contributed by atoms with van der Waals surface area (Å²) in [5.41, 5.74) is 7.02. The summed E-state index contributed by atoms with van der Waals surface area (Å²) in [4.78, 5) is 24.5. The fraction of sp³-hybridized carbons (Fsp3) is 0.385. The van der Waals surface area contributed by atoms with E-state index in [9.17, 15) is 9.59 Å². The first-order chi connectivity index (χ1) is 8.67. The molecule has 2 amide bonds. The molecule has 0 aliphatic carbocycles. The summed E-state index contributed by atoms with van der Waals surface area (Å²) in [5.74, 6) is 0.377. The number of nitrogens with zero attached hydrogens (tertiary/aromatic N) is 1. The first-order valence-electron chi connectivity index (χ1n) is 5.99. The van der Waals surface area contributed by atoms with Gasteiger partial charge in [-0.2, -0.15) is 0 Å². The Morgan fingerprint density at radius 2 is 1.94 bits per heavy atom. The van der Waals surface area contributed by atoms with Crippen LogP contribution in [0.25, 0.3) is 0 Å². The lowest BCUT2D eigenvalue weighted by Crippen LogP contribution is -2.28. The van der Waals surface area contributed by atoms with E-state index in [1.54, 1.807) is 18.2 Å². The van der Waals surface area contributed by atoms with Gasteiger partial charge in [0, 0.05) is 24.9 Å². The highest BCUT2D eigenvalue weighted by Gasteiger charge is 2.30. The average Bonchev–Trinajstić information content (AvgIpc) is 2.70. The molecule has 0 spiro atoms. The van der Waals surface area contributed by atoms with Gasteiger partial charge in [0.1, 0.15) is 5.75 Å². The zero-order valence-electron chi connectivity index (χ0n) is 10.3. The standard InChI is InChI=1S/C13H16N2O3/c1-2-18-11-4-3-10(7-9(11)8-14)15-12(16)5-6-13(15)17/h3-4,7H,2,5-6,8,14H2,1H3. The van der Waals surface area contributed by atoms with Gasteiger partial charge in [-0.3, -0.25) is 14.5 Å². The number of carbonyl (C=O) groups excluding carboxylic acids is 2. The Morgan fingerprint density at radius 3 is 2.50 bits per heavy atom. The number of anilines is 1. The lowest BCUT2D eigenvalue weighted by Gasteiger charge is -2.16. The first kappa shape index (κ1) is 12.6. The molecule has 0 atom stereocenters. The summed E-state index contributed by atoms with van der Waals surface area (Å²) in [7, 11) is 0. The highest BCUT2D eigenvalue weighted by molar-refractivity contribution is 6.19. The Morgan fingerprint density at radius 1 is 1.28 bits per heavy atom. The van der Waals surface area contributed by atoms with E-state index in [4.69, 9.17) is 10.5 Å². The van der Waals surface area contributed by atoms with Gasteiger partial charge in [0.05, 0.1) is 12.3 Å². The second-order valence-corrected chi connectivity index (χ2v) is 4.05. The highest BCUT2D eigenvalue weighted by atomic mass is 16.5. The first-order valence-corrected chi connectivity index (χ1v) is 5.99. The zero-order valence-corrected chi connectivity index (χ0v) is 10.3. The van der Waals surface area contributed by atoms with Crippen molar-refractivity contribution < 1.29 is 14.3 Å². The van der Waals surface area contributed by atoms with Crippen molar-refractivity contribution in [3.63, 3.8) is 0 Å². The number of hydrogen-bond donors (Lipinski definition) is 1. The van der Waals surface area contributed by atoms with E-state index < -0.39 is 0 Å². The number of nitrogens with two attached hydrogens (primary N) is 1. The molecule has 2 N–H and O–H groups in total. The Kier molecular flexibility index (Phi) is 3.62. The average molecular weight is 248 g/mol. The Labute approximate surface area is 106 Å². The normalized spacial score (nSPS) is 15.3. The lowest BCUT2D eigenvalue weighted by atomic mass is 10.1. The monoisotopic (exact) mass is 248 g/mol. The second-order valence-electron chi connectivity index (χ2n) is 4.05. The fourth-order valence-electron chi connectivity index (χ4n) is 2.03. The predicted octanol–water partition coefficient (Wildman–Crippen LogP) is 1.20. The third-order valence-corrected chi connectivity index (χ3v) is 2.87. The van der Waals surface area contributed by atoms with Gasteiger partial charge < -0.3 is 10.5 Å². The summed E-state index contributed by atoms with van der Waals surface area (Å²) < 4.78 is 5.43. The van der Waals surface area contributed by atoms with Crippen LogP contribution in [0.4, 0.5) is 5.69 Å². The number of ether oxygens (including phenoxy) is 1. The van der Waals surface area contributed by atoms with Crippen LogP contribution >= 0.6 is 0 Å². The molecular weight excluding hydrogens is 232 g/mol. The molecule has 0 aromatic heterocycles. The largest absolute Gasteiger partial charge is 0.494 e. The van der Waals surface area contributed by atoms with Crippen LogP contribution in [0, 0.1) is 0 Å². The molecule has 1 saturated heterocycles. The smallest absolute Gasteiger partial charge is 0.234 e. The van der Waals surface area contributed by atoms with E-state index >= 15 is 0 Å². The molecule has 1 aromatic carbocycles. The molecule has 0 radical (unpaired) electrons. The number of amides is 2. The van der Waals surface area contributed by atoms with E-state index in [2.05, 4.69) is 0 Å². The van der Waals surface area contributed by atoms with Gasteiger partial charge in [-0.25, -0.2) is 0 Å². The molecule has 5 heteroatoms. The van der Waals surface area contributed by atoms with Gasteiger partial charge in [0.2, 0.25) is 11.8 Å². The van der Waals surface area contributed by atoms with E-state index in [1.807, 2.05) is 6.92 Å². The van der Waals surface area contributed by atoms with Crippen molar-refractivity contribution in [2.45, 2.75) is 26.3 Å². The quantitative estimate of drug-likeness (QED) is 0.812. The highest BCUT2D eigenvalue weighted by Crippen LogP contribution is 2.28. The van der Waals surface area contributed by atoms with Gasteiger partial charge in [-0.05, 0) is 25.1 Å². The van der Waals surface area contributed by atoms with Crippen molar-refractivity contribution in [2.75, 3.05) is 11.5 Å². The van der Waals surface area contributed by atoms with Crippen LogP contribution in [-0.4, -0.2) is 18.4 Å². The molecule has 5 nitrogen and oxygen atoms in total. The summed E-state index contributed by atoms with van der Waals surface area (Å²) in [6, 6.07) is 5.21. The summed E-state index contributed by atoms with van der Waals surface area (Å²) in [6.45, 7) is 2.75. The van der Waals surface area contributed by atoms with Gasteiger partial charge in [-0.15, -0.1) is 0 Å². The van der Waals surface area contributed by atoms with Crippen LogP contribution in [0.5, 0.6) is 5.75 Å². The van der Waals surface area contributed by atoms with Gasteiger partial charge >= 0.3 is 0 Å². The van der Waals surface area contributed by atoms with E-state index in [0.717, 1.165) is 5.56 Å². The molecule has 1 aromatic rings. The van der Waals surface area contributed by atoms with Crippen LogP contribution < -0.4 is 15.4 Å². The van der Waals surface area contributed by atoms with Crippen molar-refractivity contribution >= 4 is 17.5 Å². The maximum Gasteiger partial charge on any atom is 0.234 e. The van der Waals surface area contributed by atoms with Crippen molar-refractivity contribution in [1.29, 1.82) is 0 Å². The van der Waals surface area contributed by atoms with Crippen molar-refractivity contribution in [2.24, 2.45) is 5.73 Å². The maximum absolute atomic E-state index is 11.6. The molecule has 1 heterocycles. The molecule has 0 unspecified atom stereocenters. The van der Waals surface area contributed by atoms with E-state index in [1.165, 1.54) is 4.90 Å². The van der Waals surface area contributed by atoms with Crippen molar-refractivity contribution in [3.8, 4) is 5.75 Å². The van der Waals surface area contributed by atoms with Crippen molar-refractivity contribution in [3.05, 3.63) is 23.8 Å². The minimum Gasteiger partial charge on any atom is -0.494 e. The van der Waals surface area contributed by atoms with E-state index in [0.29, 0.717) is 24.6 Å². The zero-order chi connectivity index (χ0) is 13.1. The van der Waals surface area contributed by atoms with Crippen LogP contribution in [-0.2, 0) is 16.1 Å². The van der Waals surface area contributed by atoms with Gasteiger partial charge in [0.25, 0.3) is 0 Å². The SMILES string of the molecule is CCOc1ccc(N2C(=O)CCC2=O)cc1CN. The Balaban J connectivity index is 2.35. The number of hydrogen-bond acceptors (Lipinski definition) is 4. The molecule has 0 saturated carbocycles. The molecule has 0 bridgehead atoms. The summed E-state index contributed by atoms with van der Waals surface area (Å²) in [5, 5.41) is 0. The molecule has 96 valence electrons. The molecule has 1 fully saturated rings. The second kappa shape index (κ2) is 5.18. The maximum atomic E-state index is 11.6. The third-order valence-electron chi connectivity index (χ3n) is 2.87. The van der Waals surface area contributed by atoms with Gasteiger partial charge in [0.15, 0.2) is 0 Å². The Bertz CT molecular complexity index is 469. The minimum absolute atomic E-state index is 0.160. The molecule has 1 aliphatic rings. The van der Waals surface area contributed by atoms with Crippen molar-refractivity contribution in [1.82, 2.24) is 0 Å². The summed E-state index contributed by atoms with van der Waals surface area (Å²) >= 11 is 0. The molecule has 1 aliphatic heterocycles. The Hall–Kier alpha value is -1.88.